The highest BCUT2D eigenvalue weighted by Crippen LogP contribution is 2.19. The maximum atomic E-state index is 5.63. The molecule has 0 aliphatic rings. The second-order valence-corrected chi connectivity index (χ2v) is 3.56. The van der Waals surface area contributed by atoms with E-state index in [1.165, 1.54) is 0 Å². The van der Waals surface area contributed by atoms with Gasteiger partial charge < -0.3 is 18.9 Å². The summed E-state index contributed by atoms with van der Waals surface area (Å²) in [5.74, 6) is 1.56. The molecule has 0 aromatic heterocycles. The van der Waals surface area contributed by atoms with E-state index in [9.17, 15) is 0 Å². The summed E-state index contributed by atoms with van der Waals surface area (Å²) in [5, 5.41) is 0. The normalized spacial score (nSPS) is 10.7. The first-order chi connectivity index (χ1) is 8.80. The first kappa shape index (κ1) is 14.8. The van der Waals surface area contributed by atoms with Crippen LogP contribution in [0.4, 0.5) is 0 Å². The van der Waals surface area contributed by atoms with Gasteiger partial charge in [-0.3, -0.25) is 0 Å². The average Bonchev–Trinajstić information content (AvgIpc) is 2.37. The Morgan fingerprint density at radius 3 is 2.06 bits per heavy atom. The summed E-state index contributed by atoms with van der Waals surface area (Å²) in [4.78, 5) is 0. The number of ether oxygens (including phenoxy) is 4. The molecule has 1 aromatic carbocycles. The van der Waals surface area contributed by atoms with Crippen molar-refractivity contribution in [1.29, 1.82) is 0 Å². The third-order valence-electron chi connectivity index (χ3n) is 2.21. The third-order valence-corrected chi connectivity index (χ3v) is 2.21. The lowest BCUT2D eigenvalue weighted by atomic mass is 10.3. The smallest absolute Gasteiger partial charge is 0.191 e. The zero-order valence-electron chi connectivity index (χ0n) is 11.3. The summed E-state index contributed by atoms with van der Waals surface area (Å²) in [6, 6.07) is 7.55. The van der Waals surface area contributed by atoms with E-state index in [1.54, 1.807) is 0 Å². The van der Waals surface area contributed by atoms with Crippen LogP contribution in [0.5, 0.6) is 11.5 Å². The van der Waals surface area contributed by atoms with E-state index in [0.29, 0.717) is 26.4 Å². The summed E-state index contributed by atoms with van der Waals surface area (Å²) in [7, 11) is 0. The molecule has 0 spiro atoms. The molecule has 4 heteroatoms. The van der Waals surface area contributed by atoms with Gasteiger partial charge in [-0.25, -0.2) is 0 Å². The minimum atomic E-state index is -0.323. The van der Waals surface area contributed by atoms with Crippen LogP contribution in [0.2, 0.25) is 0 Å². The van der Waals surface area contributed by atoms with Gasteiger partial charge in [-0.05, 0) is 32.9 Å². The monoisotopic (exact) mass is 254 g/mol. The van der Waals surface area contributed by atoms with Gasteiger partial charge in [-0.15, -0.1) is 0 Å². The molecule has 0 heterocycles. The largest absolute Gasteiger partial charge is 0.494 e. The highest BCUT2D eigenvalue weighted by molar-refractivity contribution is 5.32. The Kier molecular flexibility index (Phi) is 7.22. The predicted octanol–water partition coefficient (Wildman–Crippen LogP) is 2.86. The Hall–Kier alpha value is -1.26. The van der Waals surface area contributed by atoms with E-state index in [-0.39, 0.29) is 6.29 Å². The first-order valence-corrected chi connectivity index (χ1v) is 6.39. The van der Waals surface area contributed by atoms with Gasteiger partial charge in [0.2, 0.25) is 0 Å². The molecular weight excluding hydrogens is 232 g/mol. The molecule has 0 radical (unpaired) electrons. The molecule has 0 aliphatic carbocycles. The maximum absolute atomic E-state index is 5.63. The van der Waals surface area contributed by atoms with E-state index in [1.807, 2.05) is 45.0 Å². The van der Waals surface area contributed by atoms with E-state index >= 15 is 0 Å². The molecule has 0 unspecified atom stereocenters. The average molecular weight is 254 g/mol. The Bertz CT molecular complexity index is 321. The molecule has 1 rings (SSSR count). The van der Waals surface area contributed by atoms with Crippen LogP contribution < -0.4 is 9.47 Å². The van der Waals surface area contributed by atoms with Gasteiger partial charge in [0.1, 0.15) is 18.1 Å². The van der Waals surface area contributed by atoms with Crippen LogP contribution in [0.15, 0.2) is 24.3 Å². The molecule has 0 bridgehead atoms. The van der Waals surface area contributed by atoms with E-state index in [2.05, 4.69) is 0 Å². The second-order valence-electron chi connectivity index (χ2n) is 3.56. The molecule has 102 valence electrons. The minimum Gasteiger partial charge on any atom is -0.494 e. The number of hydrogen-bond donors (Lipinski definition) is 0. The van der Waals surface area contributed by atoms with Gasteiger partial charge in [0.25, 0.3) is 0 Å². The predicted molar refractivity (Wildman–Crippen MR) is 70.1 cm³/mol. The van der Waals surface area contributed by atoms with E-state index in [0.717, 1.165) is 11.5 Å². The van der Waals surface area contributed by atoms with Crippen LogP contribution in [0.25, 0.3) is 0 Å². The van der Waals surface area contributed by atoms with Crippen molar-refractivity contribution in [3.8, 4) is 11.5 Å². The van der Waals surface area contributed by atoms with Crippen molar-refractivity contribution in [2.24, 2.45) is 0 Å². The van der Waals surface area contributed by atoms with Crippen LogP contribution in [0.1, 0.15) is 20.8 Å². The number of benzene rings is 1. The van der Waals surface area contributed by atoms with Crippen molar-refractivity contribution in [3.05, 3.63) is 24.3 Å². The Balaban J connectivity index is 2.47. The fourth-order valence-electron chi connectivity index (χ4n) is 1.50. The molecule has 0 fully saturated rings. The summed E-state index contributed by atoms with van der Waals surface area (Å²) >= 11 is 0. The highest BCUT2D eigenvalue weighted by atomic mass is 16.7. The summed E-state index contributed by atoms with van der Waals surface area (Å²) < 4.78 is 21.8. The second kappa shape index (κ2) is 8.78. The van der Waals surface area contributed by atoms with Crippen molar-refractivity contribution in [2.45, 2.75) is 27.1 Å². The molecule has 0 amide bonds. The zero-order chi connectivity index (χ0) is 13.2. The maximum Gasteiger partial charge on any atom is 0.191 e. The molecule has 0 saturated heterocycles. The molecule has 0 aliphatic heterocycles. The fraction of sp³-hybridized carbons (Fsp3) is 0.571. The summed E-state index contributed by atoms with van der Waals surface area (Å²) in [6.45, 7) is 8.04. The summed E-state index contributed by atoms with van der Waals surface area (Å²) in [5.41, 5.74) is 0. The lowest BCUT2D eigenvalue weighted by Gasteiger charge is -2.17. The van der Waals surface area contributed by atoms with Crippen molar-refractivity contribution >= 4 is 0 Å². The lowest BCUT2D eigenvalue weighted by Crippen LogP contribution is -2.25. The van der Waals surface area contributed by atoms with Crippen LogP contribution in [-0.2, 0) is 9.47 Å². The van der Waals surface area contributed by atoms with E-state index in [4.69, 9.17) is 18.9 Å². The SMILES string of the molecule is CCOc1cccc(OCC(OCC)OCC)c1. The summed E-state index contributed by atoms with van der Waals surface area (Å²) in [6.07, 6.45) is -0.323. The molecule has 0 N–H and O–H groups in total. The Morgan fingerprint density at radius 1 is 0.889 bits per heavy atom. The quantitative estimate of drug-likeness (QED) is 0.635. The van der Waals surface area contributed by atoms with Crippen molar-refractivity contribution in [1.82, 2.24) is 0 Å². The molecular formula is C14H22O4. The van der Waals surface area contributed by atoms with E-state index < -0.39 is 0 Å². The van der Waals surface area contributed by atoms with Crippen molar-refractivity contribution < 1.29 is 18.9 Å². The molecule has 0 saturated carbocycles. The van der Waals surface area contributed by atoms with Crippen LogP contribution in [0.3, 0.4) is 0 Å². The zero-order valence-corrected chi connectivity index (χ0v) is 11.3. The topological polar surface area (TPSA) is 36.9 Å². The highest BCUT2D eigenvalue weighted by Gasteiger charge is 2.09. The molecule has 18 heavy (non-hydrogen) atoms. The van der Waals surface area contributed by atoms with Crippen molar-refractivity contribution in [3.63, 3.8) is 0 Å². The van der Waals surface area contributed by atoms with Gasteiger partial charge in [0.15, 0.2) is 6.29 Å². The third kappa shape index (κ3) is 5.38. The minimum absolute atomic E-state index is 0.323. The van der Waals surface area contributed by atoms with Gasteiger partial charge in [0.05, 0.1) is 6.61 Å². The Morgan fingerprint density at radius 2 is 1.50 bits per heavy atom. The lowest BCUT2D eigenvalue weighted by molar-refractivity contribution is -0.152. The number of rotatable bonds is 9. The van der Waals surface area contributed by atoms with Gasteiger partial charge in [0, 0.05) is 19.3 Å². The number of hydrogen-bond acceptors (Lipinski definition) is 4. The Labute approximate surface area is 109 Å². The van der Waals surface area contributed by atoms with Gasteiger partial charge >= 0.3 is 0 Å². The van der Waals surface area contributed by atoms with Gasteiger partial charge in [-0.2, -0.15) is 0 Å². The molecule has 0 atom stereocenters. The first-order valence-electron chi connectivity index (χ1n) is 6.39. The molecule has 4 nitrogen and oxygen atoms in total. The van der Waals surface area contributed by atoms with Crippen LogP contribution >= 0.6 is 0 Å². The molecule has 1 aromatic rings. The van der Waals surface area contributed by atoms with Gasteiger partial charge in [-0.1, -0.05) is 6.07 Å². The van der Waals surface area contributed by atoms with Crippen LogP contribution in [-0.4, -0.2) is 32.7 Å². The van der Waals surface area contributed by atoms with Crippen molar-refractivity contribution in [2.75, 3.05) is 26.4 Å². The fourth-order valence-corrected chi connectivity index (χ4v) is 1.50. The standard InChI is InChI=1S/C14H22O4/c1-4-15-12-8-7-9-13(10-12)18-11-14(16-5-2)17-6-3/h7-10,14H,4-6,11H2,1-3H3. The van der Waals surface area contributed by atoms with Crippen LogP contribution in [0, 0.1) is 0 Å².